The molecule has 0 bridgehead atoms. The number of rotatable bonds is 5. The van der Waals surface area contributed by atoms with Crippen molar-refractivity contribution in [2.45, 2.75) is 45.1 Å². The van der Waals surface area contributed by atoms with Crippen LogP contribution in [0.2, 0.25) is 5.02 Å². The summed E-state index contributed by atoms with van der Waals surface area (Å²) in [5.41, 5.74) is -0.156. The number of nitrogens with zero attached hydrogens (tertiary/aromatic N) is 1. The number of carbonyl (C=O) groups is 1. The number of nitro benzene ring substituents is 1. The molecule has 1 aliphatic heterocycles. The van der Waals surface area contributed by atoms with E-state index >= 15 is 0 Å². The van der Waals surface area contributed by atoms with Gasteiger partial charge in [-0.3, -0.25) is 10.1 Å². The Morgan fingerprint density at radius 1 is 1.30 bits per heavy atom. The van der Waals surface area contributed by atoms with Crippen LogP contribution in [0.15, 0.2) is 30.3 Å². The third kappa shape index (κ3) is 4.84. The van der Waals surface area contributed by atoms with E-state index in [1.54, 1.807) is 32.9 Å². The average Bonchev–Trinajstić information content (AvgIpc) is 2.66. The SMILES string of the molecule is [CH2]CC1CCOc2c(Oc3ccc(C(=O)OC(C)(C)C)cc3[N+](=O)[O-])cc(Cl)cc21. The monoisotopic (exact) mass is 432 g/mol. The largest absolute Gasteiger partial charge is 0.489 e. The highest BCUT2D eigenvalue weighted by Gasteiger charge is 2.27. The molecule has 1 radical (unpaired) electrons. The molecule has 1 atom stereocenters. The lowest BCUT2D eigenvalue weighted by atomic mass is 9.91. The average molecular weight is 433 g/mol. The molecule has 1 unspecified atom stereocenters. The maximum Gasteiger partial charge on any atom is 0.338 e. The smallest absolute Gasteiger partial charge is 0.338 e. The van der Waals surface area contributed by atoms with E-state index in [1.807, 2.05) is 0 Å². The van der Waals surface area contributed by atoms with Gasteiger partial charge in [0, 0.05) is 22.7 Å². The van der Waals surface area contributed by atoms with Gasteiger partial charge in [0.1, 0.15) is 5.60 Å². The van der Waals surface area contributed by atoms with Gasteiger partial charge in [0.2, 0.25) is 5.75 Å². The molecule has 159 valence electrons. The number of ether oxygens (including phenoxy) is 3. The van der Waals surface area contributed by atoms with Gasteiger partial charge in [-0.15, -0.1) is 0 Å². The Kier molecular flexibility index (Phi) is 6.22. The second kappa shape index (κ2) is 8.52. The zero-order valence-electron chi connectivity index (χ0n) is 17.1. The molecule has 1 aliphatic rings. The number of esters is 1. The Morgan fingerprint density at radius 2 is 2.03 bits per heavy atom. The molecule has 0 amide bonds. The van der Waals surface area contributed by atoms with Crippen molar-refractivity contribution in [2.24, 2.45) is 0 Å². The molecule has 0 saturated heterocycles. The molecular weight excluding hydrogens is 410 g/mol. The van der Waals surface area contributed by atoms with E-state index < -0.39 is 16.5 Å². The fourth-order valence-corrected chi connectivity index (χ4v) is 3.43. The standard InChI is InChI=1S/C22H23ClNO6/c1-5-13-8-9-28-20-16(13)11-15(23)12-19(20)29-18-7-6-14(10-17(18)24(26)27)21(25)30-22(2,3)4/h6-7,10-13H,1,5,8-9H2,2-4H3. The summed E-state index contributed by atoms with van der Waals surface area (Å²) in [4.78, 5) is 23.3. The van der Waals surface area contributed by atoms with Crippen molar-refractivity contribution in [3.8, 4) is 17.2 Å². The first-order valence-corrected chi connectivity index (χ1v) is 9.92. The molecule has 0 N–H and O–H groups in total. The molecular formula is C22H23ClNO6. The normalized spacial score (nSPS) is 15.7. The van der Waals surface area contributed by atoms with E-state index in [-0.39, 0.29) is 28.7 Å². The van der Waals surface area contributed by atoms with Crippen LogP contribution in [0.1, 0.15) is 55.5 Å². The summed E-state index contributed by atoms with van der Waals surface area (Å²) in [5, 5.41) is 12.1. The zero-order valence-corrected chi connectivity index (χ0v) is 17.8. The molecule has 2 aromatic rings. The lowest BCUT2D eigenvalue weighted by molar-refractivity contribution is -0.385. The Balaban J connectivity index is 1.99. The van der Waals surface area contributed by atoms with E-state index in [0.717, 1.165) is 18.1 Å². The minimum Gasteiger partial charge on any atom is -0.489 e. The fraction of sp³-hybridized carbons (Fsp3) is 0.364. The van der Waals surface area contributed by atoms with Gasteiger partial charge in [0.25, 0.3) is 0 Å². The number of nitro groups is 1. The maximum atomic E-state index is 12.3. The summed E-state index contributed by atoms with van der Waals surface area (Å²) >= 11 is 6.25. The Bertz CT molecular complexity index is 982. The first-order chi connectivity index (χ1) is 14.1. The molecule has 0 aliphatic carbocycles. The van der Waals surface area contributed by atoms with Gasteiger partial charge in [-0.1, -0.05) is 18.5 Å². The van der Waals surface area contributed by atoms with Crippen LogP contribution in [0, 0.1) is 17.0 Å². The van der Waals surface area contributed by atoms with E-state index in [1.165, 1.54) is 12.1 Å². The number of carbonyl (C=O) groups excluding carboxylic acids is 1. The van der Waals surface area contributed by atoms with Crippen molar-refractivity contribution in [1.29, 1.82) is 0 Å². The van der Waals surface area contributed by atoms with Crippen molar-refractivity contribution < 1.29 is 23.9 Å². The van der Waals surface area contributed by atoms with Crippen LogP contribution in [0.25, 0.3) is 0 Å². The molecule has 30 heavy (non-hydrogen) atoms. The predicted molar refractivity (Wildman–Crippen MR) is 113 cm³/mol. The molecule has 8 heteroatoms. The van der Waals surface area contributed by atoms with Crippen molar-refractivity contribution in [2.75, 3.05) is 6.61 Å². The lowest BCUT2D eigenvalue weighted by Crippen LogP contribution is -2.23. The van der Waals surface area contributed by atoms with Gasteiger partial charge in [-0.25, -0.2) is 4.79 Å². The quantitative estimate of drug-likeness (QED) is 0.323. The van der Waals surface area contributed by atoms with Crippen LogP contribution in [0.3, 0.4) is 0 Å². The van der Waals surface area contributed by atoms with Crippen molar-refractivity contribution in [3.05, 3.63) is 63.5 Å². The van der Waals surface area contributed by atoms with Crippen LogP contribution in [0.4, 0.5) is 5.69 Å². The first kappa shape index (κ1) is 21.9. The van der Waals surface area contributed by atoms with Gasteiger partial charge in [0.05, 0.1) is 17.1 Å². The summed E-state index contributed by atoms with van der Waals surface area (Å²) in [6, 6.07) is 7.29. The molecule has 0 spiro atoms. The van der Waals surface area contributed by atoms with Gasteiger partial charge < -0.3 is 14.2 Å². The molecule has 7 nitrogen and oxygen atoms in total. The van der Waals surface area contributed by atoms with Crippen LogP contribution in [0.5, 0.6) is 17.2 Å². The maximum absolute atomic E-state index is 12.3. The van der Waals surface area contributed by atoms with Crippen molar-refractivity contribution >= 4 is 23.3 Å². The highest BCUT2D eigenvalue weighted by atomic mass is 35.5. The topological polar surface area (TPSA) is 87.9 Å². The van der Waals surface area contributed by atoms with Gasteiger partial charge in [0.15, 0.2) is 11.5 Å². The molecule has 0 saturated carbocycles. The number of halogens is 1. The summed E-state index contributed by atoms with van der Waals surface area (Å²) in [7, 11) is 0. The van der Waals surface area contributed by atoms with Crippen LogP contribution in [-0.4, -0.2) is 23.1 Å². The molecule has 0 fully saturated rings. The third-order valence-corrected chi connectivity index (χ3v) is 4.78. The summed E-state index contributed by atoms with van der Waals surface area (Å²) in [6.45, 7) is 9.62. The number of benzene rings is 2. The molecule has 2 aromatic carbocycles. The number of fused-ring (bicyclic) bond motifs is 1. The Hall–Kier alpha value is -2.80. The minimum absolute atomic E-state index is 0.0304. The highest BCUT2D eigenvalue weighted by molar-refractivity contribution is 6.30. The molecule has 1 heterocycles. The number of hydrogen-bond donors (Lipinski definition) is 0. The predicted octanol–water partition coefficient (Wildman–Crippen LogP) is 6.09. The number of hydrogen-bond acceptors (Lipinski definition) is 6. The molecule has 3 rings (SSSR count). The van der Waals surface area contributed by atoms with E-state index in [0.29, 0.717) is 23.8 Å². The fourth-order valence-electron chi connectivity index (χ4n) is 3.21. The summed E-state index contributed by atoms with van der Waals surface area (Å²) < 4.78 is 16.9. The Morgan fingerprint density at radius 3 is 2.67 bits per heavy atom. The van der Waals surface area contributed by atoms with E-state index in [4.69, 9.17) is 25.8 Å². The third-order valence-electron chi connectivity index (χ3n) is 4.56. The van der Waals surface area contributed by atoms with E-state index in [9.17, 15) is 14.9 Å². The van der Waals surface area contributed by atoms with Crippen molar-refractivity contribution in [1.82, 2.24) is 0 Å². The second-order valence-corrected chi connectivity index (χ2v) is 8.43. The highest BCUT2D eigenvalue weighted by Crippen LogP contribution is 2.46. The summed E-state index contributed by atoms with van der Waals surface area (Å²) in [5.74, 6) is 0.268. The van der Waals surface area contributed by atoms with Gasteiger partial charge in [-0.05, 0) is 57.7 Å². The minimum atomic E-state index is -0.719. The Labute approximate surface area is 180 Å². The summed E-state index contributed by atoms with van der Waals surface area (Å²) in [6.07, 6.45) is 1.47. The molecule has 0 aromatic heterocycles. The van der Waals surface area contributed by atoms with Gasteiger partial charge in [-0.2, -0.15) is 0 Å². The zero-order chi connectivity index (χ0) is 22.1. The first-order valence-electron chi connectivity index (χ1n) is 9.54. The van der Waals surface area contributed by atoms with Gasteiger partial charge >= 0.3 is 11.7 Å². The van der Waals surface area contributed by atoms with Crippen LogP contribution >= 0.6 is 11.6 Å². The van der Waals surface area contributed by atoms with Crippen LogP contribution in [-0.2, 0) is 4.74 Å². The van der Waals surface area contributed by atoms with Crippen molar-refractivity contribution in [3.63, 3.8) is 0 Å². The second-order valence-electron chi connectivity index (χ2n) is 7.99. The lowest BCUT2D eigenvalue weighted by Gasteiger charge is -2.27. The van der Waals surface area contributed by atoms with Crippen LogP contribution < -0.4 is 9.47 Å². The van der Waals surface area contributed by atoms with E-state index in [2.05, 4.69) is 6.92 Å².